The molecule has 0 radical (unpaired) electrons. The van der Waals surface area contributed by atoms with Crippen LogP contribution in [-0.2, 0) is 4.74 Å². The maximum atomic E-state index is 5.14. The van der Waals surface area contributed by atoms with Crippen molar-refractivity contribution in [2.24, 2.45) is 0 Å². The molecule has 0 rings (SSSR count). The number of hydrogen-bond acceptors (Lipinski definition) is 1. The van der Waals surface area contributed by atoms with Crippen LogP contribution in [0.1, 0.15) is 47.0 Å². The molecule has 10 heavy (non-hydrogen) atoms. The van der Waals surface area contributed by atoms with Gasteiger partial charge in [0.1, 0.15) is 0 Å². The van der Waals surface area contributed by atoms with Crippen LogP contribution in [0.15, 0.2) is 0 Å². The third-order valence-electron chi connectivity index (χ3n) is 1.40. The number of methoxy groups -OCH3 is 1. The molecule has 0 heterocycles. The Morgan fingerprint density at radius 2 is 1.70 bits per heavy atom. The van der Waals surface area contributed by atoms with Crippen LogP contribution in [0.25, 0.3) is 0 Å². The van der Waals surface area contributed by atoms with Crippen molar-refractivity contribution in [2.75, 3.05) is 7.11 Å². The summed E-state index contributed by atoms with van der Waals surface area (Å²) < 4.78 is 5.14. The first-order valence-electron chi connectivity index (χ1n) is 4.37. The van der Waals surface area contributed by atoms with Gasteiger partial charge in [0.25, 0.3) is 0 Å². The van der Waals surface area contributed by atoms with Crippen molar-refractivity contribution in [3.8, 4) is 0 Å². The molecule has 1 unspecified atom stereocenters. The van der Waals surface area contributed by atoms with Crippen LogP contribution < -0.4 is 0 Å². The van der Waals surface area contributed by atoms with Gasteiger partial charge in [-0.1, -0.05) is 34.1 Å². The summed E-state index contributed by atoms with van der Waals surface area (Å²) >= 11 is 0. The first-order valence-corrected chi connectivity index (χ1v) is 4.37. The number of hydrogen-bond donors (Lipinski definition) is 0. The Labute approximate surface area is 65.8 Å². The van der Waals surface area contributed by atoms with Gasteiger partial charge in [0.05, 0.1) is 6.10 Å². The first kappa shape index (κ1) is 12.6. The van der Waals surface area contributed by atoms with Crippen molar-refractivity contribution in [3.05, 3.63) is 0 Å². The Balaban J connectivity index is 0. The van der Waals surface area contributed by atoms with Crippen LogP contribution in [0.3, 0.4) is 0 Å². The zero-order valence-electron chi connectivity index (χ0n) is 8.11. The zero-order valence-corrected chi connectivity index (χ0v) is 8.11. The second-order valence-corrected chi connectivity index (χ2v) is 2.05. The smallest absolute Gasteiger partial charge is 0.0568 e. The molecule has 0 aromatic heterocycles. The highest BCUT2D eigenvalue weighted by molar-refractivity contribution is 4.50. The average Bonchev–Trinajstić information content (AvgIpc) is 2.04. The fourth-order valence-corrected chi connectivity index (χ4v) is 0.811. The molecular formula is C9H22O. The van der Waals surface area contributed by atoms with Crippen LogP contribution in [0.4, 0.5) is 0 Å². The maximum Gasteiger partial charge on any atom is 0.0568 e. The van der Waals surface area contributed by atoms with E-state index in [1.165, 1.54) is 12.8 Å². The Morgan fingerprint density at radius 3 is 1.80 bits per heavy atom. The van der Waals surface area contributed by atoms with Gasteiger partial charge in [-0.15, -0.1) is 0 Å². The van der Waals surface area contributed by atoms with Gasteiger partial charge >= 0.3 is 0 Å². The lowest BCUT2D eigenvalue weighted by atomic mass is 10.2. The van der Waals surface area contributed by atoms with E-state index in [1.54, 1.807) is 7.11 Å². The number of ether oxygens (including phenoxy) is 1. The van der Waals surface area contributed by atoms with E-state index in [4.69, 9.17) is 4.74 Å². The predicted molar refractivity (Wildman–Crippen MR) is 47.3 cm³/mol. The normalized spacial score (nSPS) is 11.7. The maximum absolute atomic E-state index is 5.14. The summed E-state index contributed by atoms with van der Waals surface area (Å²) in [5, 5.41) is 0. The second-order valence-electron chi connectivity index (χ2n) is 2.05. The van der Waals surface area contributed by atoms with E-state index in [0.717, 1.165) is 6.42 Å². The fourth-order valence-electron chi connectivity index (χ4n) is 0.811. The largest absolute Gasteiger partial charge is 0.381 e. The molecule has 0 bridgehead atoms. The molecule has 0 saturated heterocycles. The topological polar surface area (TPSA) is 9.23 Å². The Morgan fingerprint density at radius 1 is 1.20 bits per heavy atom. The van der Waals surface area contributed by atoms with Crippen molar-refractivity contribution < 1.29 is 4.74 Å². The van der Waals surface area contributed by atoms with E-state index >= 15 is 0 Å². The Bertz CT molecular complexity index is 40.0. The lowest BCUT2D eigenvalue weighted by molar-refractivity contribution is 0.0915. The first-order chi connectivity index (χ1) is 4.85. The van der Waals surface area contributed by atoms with Crippen LogP contribution in [-0.4, -0.2) is 13.2 Å². The third-order valence-corrected chi connectivity index (χ3v) is 1.40. The van der Waals surface area contributed by atoms with Crippen molar-refractivity contribution in [1.82, 2.24) is 0 Å². The molecule has 0 fully saturated rings. The predicted octanol–water partition coefficient (Wildman–Crippen LogP) is 3.24. The fraction of sp³-hybridized carbons (Fsp3) is 1.00. The Kier molecular flexibility index (Phi) is 14.8. The van der Waals surface area contributed by atoms with Gasteiger partial charge in [0, 0.05) is 7.11 Å². The summed E-state index contributed by atoms with van der Waals surface area (Å²) in [7, 11) is 1.78. The highest BCUT2D eigenvalue weighted by Crippen LogP contribution is 2.03. The van der Waals surface area contributed by atoms with Crippen LogP contribution in [0.5, 0.6) is 0 Å². The quantitative estimate of drug-likeness (QED) is 0.591. The zero-order chi connectivity index (χ0) is 8.41. The Hall–Kier alpha value is -0.0400. The van der Waals surface area contributed by atoms with Crippen molar-refractivity contribution in [3.63, 3.8) is 0 Å². The molecule has 1 atom stereocenters. The highest BCUT2D eigenvalue weighted by Gasteiger charge is 1.99. The minimum atomic E-state index is 0.500. The molecule has 0 spiro atoms. The second kappa shape index (κ2) is 11.7. The molecule has 0 aliphatic heterocycles. The van der Waals surface area contributed by atoms with Gasteiger partial charge in [-0.2, -0.15) is 0 Å². The SMILES string of the molecule is CC.CCCC(CC)OC. The lowest BCUT2D eigenvalue weighted by Crippen LogP contribution is -2.07. The summed E-state index contributed by atoms with van der Waals surface area (Å²) in [6, 6.07) is 0. The van der Waals surface area contributed by atoms with E-state index in [2.05, 4.69) is 13.8 Å². The van der Waals surface area contributed by atoms with E-state index in [9.17, 15) is 0 Å². The van der Waals surface area contributed by atoms with Gasteiger partial charge in [-0.25, -0.2) is 0 Å². The van der Waals surface area contributed by atoms with E-state index < -0.39 is 0 Å². The summed E-state index contributed by atoms with van der Waals surface area (Å²) in [6.45, 7) is 8.34. The number of rotatable bonds is 4. The molecule has 64 valence electrons. The molecule has 0 aromatic rings. The van der Waals surface area contributed by atoms with Gasteiger partial charge in [0.15, 0.2) is 0 Å². The standard InChI is InChI=1S/C7H16O.C2H6/c1-4-6-7(5-2)8-3;1-2/h7H,4-6H2,1-3H3;1-2H3. The highest BCUT2D eigenvalue weighted by atomic mass is 16.5. The van der Waals surface area contributed by atoms with Crippen molar-refractivity contribution in [1.29, 1.82) is 0 Å². The lowest BCUT2D eigenvalue weighted by Gasteiger charge is -2.09. The molecule has 1 heteroatoms. The minimum Gasteiger partial charge on any atom is -0.381 e. The van der Waals surface area contributed by atoms with Crippen molar-refractivity contribution >= 4 is 0 Å². The molecule has 0 aromatic carbocycles. The van der Waals surface area contributed by atoms with Gasteiger partial charge in [-0.05, 0) is 12.8 Å². The van der Waals surface area contributed by atoms with Crippen LogP contribution >= 0.6 is 0 Å². The minimum absolute atomic E-state index is 0.500. The summed E-state index contributed by atoms with van der Waals surface area (Å²) in [6.07, 6.45) is 4.07. The van der Waals surface area contributed by atoms with E-state index in [1.807, 2.05) is 13.8 Å². The van der Waals surface area contributed by atoms with E-state index in [0.29, 0.717) is 6.10 Å². The molecule has 0 saturated carbocycles. The van der Waals surface area contributed by atoms with E-state index in [-0.39, 0.29) is 0 Å². The summed E-state index contributed by atoms with van der Waals surface area (Å²) in [4.78, 5) is 0. The third kappa shape index (κ3) is 7.96. The van der Waals surface area contributed by atoms with Gasteiger partial charge in [0.2, 0.25) is 0 Å². The molecule has 0 aliphatic carbocycles. The monoisotopic (exact) mass is 146 g/mol. The summed E-state index contributed by atoms with van der Waals surface area (Å²) in [5.41, 5.74) is 0. The van der Waals surface area contributed by atoms with Crippen LogP contribution in [0.2, 0.25) is 0 Å². The molecule has 0 aliphatic rings. The summed E-state index contributed by atoms with van der Waals surface area (Å²) in [5.74, 6) is 0. The molecule has 0 N–H and O–H groups in total. The molecule has 0 amide bonds. The van der Waals surface area contributed by atoms with Gasteiger partial charge in [-0.3, -0.25) is 0 Å². The average molecular weight is 146 g/mol. The molecular weight excluding hydrogens is 124 g/mol. The van der Waals surface area contributed by atoms with Crippen LogP contribution in [0, 0.1) is 0 Å². The van der Waals surface area contributed by atoms with Crippen molar-refractivity contribution in [2.45, 2.75) is 53.1 Å². The van der Waals surface area contributed by atoms with Gasteiger partial charge < -0.3 is 4.74 Å². The molecule has 1 nitrogen and oxygen atoms in total.